The highest BCUT2D eigenvalue weighted by Gasteiger charge is 2.32. The smallest absolute Gasteiger partial charge is 0.282 e. The van der Waals surface area contributed by atoms with Gasteiger partial charge in [0.25, 0.3) is 11.8 Å². The fourth-order valence-corrected chi connectivity index (χ4v) is 4.62. The highest BCUT2D eigenvalue weighted by atomic mass is 79.9. The third-order valence-corrected chi connectivity index (χ3v) is 6.22. The lowest BCUT2D eigenvalue weighted by Crippen LogP contribution is -2.36. The standard InChI is InChI=1S/C28H21BrN2O4/c1-2-34-24-15-19(14-23(29)26(24)35-17-18-8-4-3-5-9-18)16-30-31-27(32)21-12-6-10-20-11-7-13-22(25(20)21)28(31)33/h3-16H,2,17H2,1H3/b30-16-. The van der Waals surface area contributed by atoms with Gasteiger partial charge in [0, 0.05) is 5.39 Å². The summed E-state index contributed by atoms with van der Waals surface area (Å²) in [5.74, 6) is 0.189. The molecule has 1 aliphatic heterocycles. The first-order chi connectivity index (χ1) is 17.1. The van der Waals surface area contributed by atoms with E-state index in [1.54, 1.807) is 36.4 Å². The maximum Gasteiger partial charge on any atom is 0.282 e. The first kappa shape index (κ1) is 22.8. The van der Waals surface area contributed by atoms with Crippen molar-refractivity contribution in [3.05, 3.63) is 106 Å². The number of hydrazone groups is 1. The number of ether oxygens (including phenoxy) is 2. The van der Waals surface area contributed by atoms with E-state index in [1.807, 2.05) is 49.4 Å². The van der Waals surface area contributed by atoms with E-state index in [1.165, 1.54) is 6.21 Å². The fraction of sp³-hybridized carbons (Fsp3) is 0.107. The molecule has 35 heavy (non-hydrogen) atoms. The molecule has 0 saturated carbocycles. The summed E-state index contributed by atoms with van der Waals surface area (Å²) in [6, 6.07) is 24.2. The second-order valence-electron chi connectivity index (χ2n) is 7.91. The van der Waals surface area contributed by atoms with Crippen LogP contribution in [0.5, 0.6) is 11.5 Å². The molecule has 0 N–H and O–H groups in total. The van der Waals surface area contributed by atoms with Crippen LogP contribution in [0.1, 0.15) is 38.8 Å². The van der Waals surface area contributed by atoms with Crippen LogP contribution in [0, 0.1) is 0 Å². The van der Waals surface area contributed by atoms with E-state index in [0.717, 1.165) is 16.0 Å². The van der Waals surface area contributed by atoms with E-state index >= 15 is 0 Å². The maximum absolute atomic E-state index is 13.1. The van der Waals surface area contributed by atoms with Crippen molar-refractivity contribution in [2.45, 2.75) is 13.5 Å². The van der Waals surface area contributed by atoms with Crippen LogP contribution in [-0.4, -0.2) is 29.6 Å². The van der Waals surface area contributed by atoms with Gasteiger partial charge in [0.2, 0.25) is 0 Å². The molecule has 0 atom stereocenters. The van der Waals surface area contributed by atoms with Crippen molar-refractivity contribution < 1.29 is 19.1 Å². The SMILES string of the molecule is CCOc1cc(/C=N\N2C(=O)c3cccc4cccc(c34)C2=O)cc(Br)c1OCc1ccccc1. The highest BCUT2D eigenvalue weighted by molar-refractivity contribution is 9.10. The number of carbonyl (C=O) groups excluding carboxylic acids is 2. The average molecular weight is 529 g/mol. The number of benzene rings is 4. The van der Waals surface area contributed by atoms with Crippen LogP contribution in [0.25, 0.3) is 10.8 Å². The van der Waals surface area contributed by atoms with Crippen LogP contribution in [0.3, 0.4) is 0 Å². The fourth-order valence-electron chi connectivity index (χ4n) is 4.04. The summed E-state index contributed by atoms with van der Waals surface area (Å²) in [4.78, 5) is 26.2. The van der Waals surface area contributed by atoms with Crippen LogP contribution in [0.15, 0.2) is 88.4 Å². The van der Waals surface area contributed by atoms with Gasteiger partial charge in [-0.15, -0.1) is 0 Å². The molecule has 0 spiro atoms. The normalized spacial score (nSPS) is 13.0. The quantitative estimate of drug-likeness (QED) is 0.211. The molecule has 0 bridgehead atoms. The van der Waals surface area contributed by atoms with Crippen molar-refractivity contribution >= 4 is 44.7 Å². The minimum atomic E-state index is -0.456. The third kappa shape index (κ3) is 4.42. The molecule has 0 saturated heterocycles. The number of halogens is 1. The number of amides is 2. The molecule has 0 radical (unpaired) electrons. The molecule has 5 rings (SSSR count). The van der Waals surface area contributed by atoms with E-state index in [4.69, 9.17) is 9.47 Å². The first-order valence-electron chi connectivity index (χ1n) is 11.1. The van der Waals surface area contributed by atoms with E-state index in [0.29, 0.717) is 51.3 Å². The Morgan fingerprint density at radius 2 is 1.57 bits per heavy atom. The van der Waals surface area contributed by atoms with Crippen molar-refractivity contribution in [1.82, 2.24) is 5.01 Å². The second kappa shape index (κ2) is 9.72. The molecule has 1 heterocycles. The zero-order chi connectivity index (χ0) is 24.4. The molecular formula is C28H21BrN2O4. The Kier molecular flexibility index (Phi) is 6.33. The lowest BCUT2D eigenvalue weighted by Gasteiger charge is -2.23. The molecule has 4 aromatic rings. The Morgan fingerprint density at radius 3 is 2.23 bits per heavy atom. The molecule has 6 nitrogen and oxygen atoms in total. The molecular weight excluding hydrogens is 508 g/mol. The molecule has 7 heteroatoms. The minimum absolute atomic E-state index is 0.384. The van der Waals surface area contributed by atoms with Crippen LogP contribution in [-0.2, 0) is 6.61 Å². The van der Waals surface area contributed by atoms with Gasteiger partial charge in [-0.3, -0.25) is 9.59 Å². The van der Waals surface area contributed by atoms with Gasteiger partial charge in [0.15, 0.2) is 11.5 Å². The van der Waals surface area contributed by atoms with E-state index in [9.17, 15) is 9.59 Å². The van der Waals surface area contributed by atoms with Crippen molar-refractivity contribution in [3.63, 3.8) is 0 Å². The Bertz CT molecular complexity index is 1420. The third-order valence-electron chi connectivity index (χ3n) is 5.63. The van der Waals surface area contributed by atoms with Gasteiger partial charge in [0.05, 0.1) is 28.4 Å². The molecule has 2 amide bonds. The van der Waals surface area contributed by atoms with Crippen LogP contribution < -0.4 is 9.47 Å². The zero-order valence-electron chi connectivity index (χ0n) is 18.9. The molecule has 0 aromatic heterocycles. The van der Waals surface area contributed by atoms with Crippen molar-refractivity contribution in [2.24, 2.45) is 5.10 Å². The molecule has 4 aromatic carbocycles. The molecule has 0 unspecified atom stereocenters. The molecule has 1 aliphatic rings. The second-order valence-corrected chi connectivity index (χ2v) is 8.77. The first-order valence-corrected chi connectivity index (χ1v) is 11.9. The Balaban J connectivity index is 1.43. The number of hydrogen-bond acceptors (Lipinski definition) is 5. The maximum atomic E-state index is 13.1. The van der Waals surface area contributed by atoms with Crippen molar-refractivity contribution in [3.8, 4) is 11.5 Å². The number of imide groups is 1. The summed E-state index contributed by atoms with van der Waals surface area (Å²) in [6.07, 6.45) is 1.47. The minimum Gasteiger partial charge on any atom is -0.490 e. The van der Waals surface area contributed by atoms with Crippen LogP contribution >= 0.6 is 15.9 Å². The largest absolute Gasteiger partial charge is 0.490 e. The van der Waals surface area contributed by atoms with Gasteiger partial charge in [-0.05, 0) is 63.6 Å². The van der Waals surface area contributed by atoms with Gasteiger partial charge < -0.3 is 9.47 Å². The monoisotopic (exact) mass is 528 g/mol. The van der Waals surface area contributed by atoms with E-state index < -0.39 is 11.8 Å². The Labute approximate surface area is 210 Å². The van der Waals surface area contributed by atoms with Crippen molar-refractivity contribution in [1.29, 1.82) is 0 Å². The summed E-state index contributed by atoms with van der Waals surface area (Å²) in [5.41, 5.74) is 2.58. The van der Waals surface area contributed by atoms with Gasteiger partial charge in [0.1, 0.15) is 6.61 Å². The van der Waals surface area contributed by atoms with E-state index in [2.05, 4.69) is 21.0 Å². The summed E-state index contributed by atoms with van der Waals surface area (Å²) >= 11 is 3.56. The number of carbonyl (C=O) groups is 2. The Morgan fingerprint density at radius 1 is 0.886 bits per heavy atom. The summed E-state index contributed by atoms with van der Waals surface area (Å²) in [7, 11) is 0. The van der Waals surface area contributed by atoms with Crippen molar-refractivity contribution in [2.75, 3.05) is 6.61 Å². The number of hydrogen-bond donors (Lipinski definition) is 0. The van der Waals surface area contributed by atoms with Crippen LogP contribution in [0.2, 0.25) is 0 Å². The van der Waals surface area contributed by atoms with Gasteiger partial charge in [-0.1, -0.05) is 54.6 Å². The van der Waals surface area contributed by atoms with Gasteiger partial charge in [-0.25, -0.2) is 0 Å². The average Bonchev–Trinajstić information content (AvgIpc) is 2.87. The molecule has 0 fully saturated rings. The predicted octanol–water partition coefficient (Wildman–Crippen LogP) is 6.21. The summed E-state index contributed by atoms with van der Waals surface area (Å²) in [6.45, 7) is 2.71. The molecule has 0 aliphatic carbocycles. The Hall–Kier alpha value is -3.97. The molecule has 174 valence electrons. The van der Waals surface area contributed by atoms with Gasteiger partial charge in [-0.2, -0.15) is 10.1 Å². The lowest BCUT2D eigenvalue weighted by atomic mass is 9.95. The summed E-state index contributed by atoms with van der Waals surface area (Å²) < 4.78 is 12.5. The van der Waals surface area contributed by atoms with Gasteiger partial charge >= 0.3 is 0 Å². The summed E-state index contributed by atoms with van der Waals surface area (Å²) in [5, 5.41) is 6.68. The topological polar surface area (TPSA) is 68.2 Å². The van der Waals surface area contributed by atoms with Crippen LogP contribution in [0.4, 0.5) is 0 Å². The highest BCUT2D eigenvalue weighted by Crippen LogP contribution is 2.37. The van der Waals surface area contributed by atoms with E-state index in [-0.39, 0.29) is 0 Å². The predicted molar refractivity (Wildman–Crippen MR) is 138 cm³/mol. The number of rotatable bonds is 7. The number of nitrogens with zero attached hydrogens (tertiary/aromatic N) is 2. The zero-order valence-corrected chi connectivity index (χ0v) is 20.5. The lowest BCUT2D eigenvalue weighted by molar-refractivity contribution is 0.0616.